The number of carbonyl (C=O) groups excluding carboxylic acids is 2. The zero-order valence-electron chi connectivity index (χ0n) is 10.7. The molecule has 0 aromatic carbocycles. The van der Waals surface area contributed by atoms with E-state index in [1.807, 2.05) is 0 Å². The van der Waals surface area contributed by atoms with Crippen LogP contribution in [-0.2, 0) is 16.1 Å². The first kappa shape index (κ1) is 14.0. The van der Waals surface area contributed by atoms with Crippen LogP contribution >= 0.6 is 0 Å². The highest BCUT2D eigenvalue weighted by molar-refractivity contribution is 5.92. The molecule has 2 rings (SSSR count). The summed E-state index contributed by atoms with van der Waals surface area (Å²) >= 11 is 0. The summed E-state index contributed by atoms with van der Waals surface area (Å²) in [7, 11) is 0. The van der Waals surface area contributed by atoms with E-state index in [2.05, 4.69) is 10.3 Å². The van der Waals surface area contributed by atoms with Gasteiger partial charge in [0, 0.05) is 13.1 Å². The number of aromatic nitrogens is 3. The Morgan fingerprint density at radius 1 is 1.45 bits per heavy atom. The zero-order valence-corrected chi connectivity index (χ0v) is 10.7. The summed E-state index contributed by atoms with van der Waals surface area (Å²) in [5.74, 6) is -2.20. The molecule has 0 bridgehead atoms. The summed E-state index contributed by atoms with van der Waals surface area (Å²) in [6, 6.07) is 0. The first-order chi connectivity index (χ1) is 9.47. The van der Waals surface area contributed by atoms with Crippen LogP contribution in [-0.4, -0.2) is 55.9 Å². The number of likely N-dealkylation sites (tertiary alicyclic amines) is 1. The van der Waals surface area contributed by atoms with E-state index >= 15 is 0 Å². The standard InChI is InChI=1S/C11H15N5O4/c12-10(19)7-2-1-3-15(4-7)11(20)8-5-16(14-13-8)6-9(17)18/h5,7H,1-4,6H2,(H2,12,19)(H,17,18). The van der Waals surface area contributed by atoms with Gasteiger partial charge in [-0.2, -0.15) is 0 Å². The minimum absolute atomic E-state index is 0.0661. The molecule has 2 heterocycles. The number of hydrogen-bond donors (Lipinski definition) is 2. The summed E-state index contributed by atoms with van der Waals surface area (Å²) in [5.41, 5.74) is 5.32. The van der Waals surface area contributed by atoms with Gasteiger partial charge in [0.15, 0.2) is 5.69 Å². The summed E-state index contributed by atoms with van der Waals surface area (Å²) in [4.78, 5) is 35.4. The summed E-state index contributed by atoms with van der Waals surface area (Å²) < 4.78 is 1.07. The molecule has 1 atom stereocenters. The molecule has 20 heavy (non-hydrogen) atoms. The lowest BCUT2D eigenvalue weighted by Crippen LogP contribution is -2.44. The second-order valence-corrected chi connectivity index (χ2v) is 4.69. The fraction of sp³-hybridized carbons (Fsp3) is 0.545. The number of piperidine rings is 1. The van der Waals surface area contributed by atoms with Gasteiger partial charge in [0.05, 0.1) is 12.1 Å². The molecule has 0 aliphatic carbocycles. The highest BCUT2D eigenvalue weighted by atomic mass is 16.4. The molecular weight excluding hydrogens is 266 g/mol. The molecule has 108 valence electrons. The minimum Gasteiger partial charge on any atom is -0.480 e. The van der Waals surface area contributed by atoms with Gasteiger partial charge in [-0.15, -0.1) is 5.10 Å². The maximum atomic E-state index is 12.2. The lowest BCUT2D eigenvalue weighted by molar-refractivity contribution is -0.138. The number of nitrogens with two attached hydrogens (primary N) is 1. The lowest BCUT2D eigenvalue weighted by Gasteiger charge is -2.30. The Hall–Kier alpha value is -2.45. The van der Waals surface area contributed by atoms with Crippen LogP contribution in [0.4, 0.5) is 0 Å². The van der Waals surface area contributed by atoms with Crippen molar-refractivity contribution in [3.05, 3.63) is 11.9 Å². The topological polar surface area (TPSA) is 131 Å². The van der Waals surface area contributed by atoms with E-state index in [0.717, 1.165) is 4.68 Å². The highest BCUT2D eigenvalue weighted by Crippen LogP contribution is 2.17. The number of rotatable bonds is 4. The van der Waals surface area contributed by atoms with Crippen LogP contribution in [0.3, 0.4) is 0 Å². The number of carboxylic acid groups (broad SMARTS) is 1. The highest BCUT2D eigenvalue weighted by Gasteiger charge is 2.28. The van der Waals surface area contributed by atoms with E-state index in [-0.39, 0.29) is 30.6 Å². The van der Waals surface area contributed by atoms with Crippen molar-refractivity contribution < 1.29 is 19.5 Å². The normalized spacial score (nSPS) is 18.8. The van der Waals surface area contributed by atoms with Crippen LogP contribution in [0.15, 0.2) is 6.20 Å². The third-order valence-corrected chi connectivity index (χ3v) is 3.17. The zero-order chi connectivity index (χ0) is 14.7. The van der Waals surface area contributed by atoms with Crippen LogP contribution < -0.4 is 5.73 Å². The smallest absolute Gasteiger partial charge is 0.325 e. The van der Waals surface area contributed by atoms with Crippen molar-refractivity contribution >= 4 is 17.8 Å². The average molecular weight is 281 g/mol. The molecular formula is C11H15N5O4. The van der Waals surface area contributed by atoms with Crippen LogP contribution in [0.25, 0.3) is 0 Å². The molecule has 1 unspecified atom stereocenters. The van der Waals surface area contributed by atoms with Gasteiger partial charge in [-0.3, -0.25) is 14.4 Å². The minimum atomic E-state index is -1.07. The fourth-order valence-corrected chi connectivity index (χ4v) is 2.17. The van der Waals surface area contributed by atoms with Gasteiger partial charge in [0.2, 0.25) is 5.91 Å². The monoisotopic (exact) mass is 281 g/mol. The maximum absolute atomic E-state index is 12.2. The van der Waals surface area contributed by atoms with E-state index in [4.69, 9.17) is 10.8 Å². The van der Waals surface area contributed by atoms with Crippen LogP contribution in [0.5, 0.6) is 0 Å². The van der Waals surface area contributed by atoms with E-state index in [1.165, 1.54) is 11.1 Å². The van der Waals surface area contributed by atoms with Gasteiger partial charge >= 0.3 is 5.97 Å². The molecule has 9 nitrogen and oxygen atoms in total. The molecule has 1 aliphatic rings. The summed E-state index contributed by atoms with van der Waals surface area (Å²) in [6.45, 7) is 0.429. The van der Waals surface area contributed by atoms with Gasteiger partial charge in [-0.1, -0.05) is 5.21 Å². The molecule has 0 radical (unpaired) electrons. The van der Waals surface area contributed by atoms with Crippen molar-refractivity contribution in [1.82, 2.24) is 19.9 Å². The molecule has 0 spiro atoms. The Balaban J connectivity index is 2.05. The quantitative estimate of drug-likeness (QED) is 0.705. The van der Waals surface area contributed by atoms with Gasteiger partial charge in [0.25, 0.3) is 5.91 Å². The largest absolute Gasteiger partial charge is 0.480 e. The van der Waals surface area contributed by atoms with E-state index in [0.29, 0.717) is 19.4 Å². The van der Waals surface area contributed by atoms with Crippen molar-refractivity contribution in [1.29, 1.82) is 0 Å². The molecule has 2 amide bonds. The first-order valence-corrected chi connectivity index (χ1v) is 6.18. The Morgan fingerprint density at radius 2 is 2.20 bits per heavy atom. The molecule has 1 aliphatic heterocycles. The van der Waals surface area contributed by atoms with Gasteiger partial charge in [0.1, 0.15) is 6.54 Å². The fourth-order valence-electron chi connectivity index (χ4n) is 2.17. The third-order valence-electron chi connectivity index (χ3n) is 3.17. The summed E-state index contributed by atoms with van der Waals surface area (Å²) in [5, 5.41) is 15.9. The number of amides is 2. The number of aliphatic carboxylic acids is 1. The van der Waals surface area contributed by atoms with Gasteiger partial charge in [-0.25, -0.2) is 4.68 Å². The van der Waals surface area contributed by atoms with E-state index in [1.54, 1.807) is 0 Å². The number of nitrogens with zero attached hydrogens (tertiary/aromatic N) is 4. The molecule has 1 fully saturated rings. The second kappa shape index (κ2) is 5.68. The van der Waals surface area contributed by atoms with Crippen LogP contribution in [0.1, 0.15) is 23.3 Å². The molecule has 9 heteroatoms. The Bertz CT molecular complexity index is 541. The molecule has 1 saturated heterocycles. The van der Waals surface area contributed by atoms with Gasteiger partial charge in [-0.05, 0) is 12.8 Å². The van der Waals surface area contributed by atoms with E-state index < -0.39 is 11.9 Å². The van der Waals surface area contributed by atoms with Crippen molar-refractivity contribution in [2.24, 2.45) is 11.7 Å². The SMILES string of the molecule is NC(=O)C1CCCN(C(=O)c2cn(CC(=O)O)nn2)C1. The average Bonchev–Trinajstić information content (AvgIpc) is 2.85. The van der Waals surface area contributed by atoms with Crippen molar-refractivity contribution in [3.63, 3.8) is 0 Å². The van der Waals surface area contributed by atoms with Gasteiger partial charge < -0.3 is 15.7 Å². The number of carbonyl (C=O) groups is 3. The third kappa shape index (κ3) is 3.11. The second-order valence-electron chi connectivity index (χ2n) is 4.69. The Morgan fingerprint density at radius 3 is 2.85 bits per heavy atom. The Kier molecular flexibility index (Phi) is 3.97. The number of carboxylic acids is 1. The van der Waals surface area contributed by atoms with Crippen LogP contribution in [0, 0.1) is 5.92 Å². The first-order valence-electron chi connectivity index (χ1n) is 6.18. The molecule has 1 aromatic heterocycles. The molecule has 3 N–H and O–H groups in total. The van der Waals surface area contributed by atoms with Crippen molar-refractivity contribution in [2.75, 3.05) is 13.1 Å². The van der Waals surface area contributed by atoms with Crippen molar-refractivity contribution in [3.8, 4) is 0 Å². The van der Waals surface area contributed by atoms with Crippen molar-refractivity contribution in [2.45, 2.75) is 19.4 Å². The Labute approximate surface area is 114 Å². The lowest BCUT2D eigenvalue weighted by atomic mass is 9.97. The number of hydrogen-bond acceptors (Lipinski definition) is 5. The number of primary amides is 1. The predicted molar refractivity (Wildman–Crippen MR) is 65.5 cm³/mol. The molecule has 0 saturated carbocycles. The van der Waals surface area contributed by atoms with E-state index in [9.17, 15) is 14.4 Å². The summed E-state index contributed by atoms with van der Waals surface area (Å²) in [6.07, 6.45) is 2.65. The van der Waals surface area contributed by atoms with Crippen LogP contribution in [0.2, 0.25) is 0 Å². The maximum Gasteiger partial charge on any atom is 0.325 e. The molecule has 1 aromatic rings. The predicted octanol–water partition coefficient (Wildman–Crippen LogP) is -1.30.